The van der Waals surface area contributed by atoms with Gasteiger partial charge in [0.05, 0.1) is 6.42 Å². The first-order chi connectivity index (χ1) is 9.31. The van der Waals surface area contributed by atoms with Crippen LogP contribution in [0.2, 0.25) is 0 Å². The summed E-state index contributed by atoms with van der Waals surface area (Å²) in [5, 5.41) is 11.2. The van der Waals surface area contributed by atoms with Crippen LogP contribution in [-0.2, 0) is 19.2 Å². The van der Waals surface area contributed by atoms with Gasteiger partial charge in [-0.2, -0.15) is 0 Å². The zero-order valence-electron chi connectivity index (χ0n) is 11.3. The molecule has 1 atom stereocenters. The first-order valence-electron chi connectivity index (χ1n) is 6.38. The van der Waals surface area contributed by atoms with E-state index in [0.717, 1.165) is 0 Å². The third kappa shape index (κ3) is 4.52. The number of carbonyl (C=O) groups is 4. The molecule has 0 aromatic carbocycles. The average molecular weight is 285 g/mol. The number of carboxylic acids is 1. The van der Waals surface area contributed by atoms with Crippen LogP contribution in [0, 0.1) is 5.92 Å². The highest BCUT2D eigenvalue weighted by Gasteiger charge is 2.29. The van der Waals surface area contributed by atoms with Gasteiger partial charge in [0.15, 0.2) is 0 Å². The molecule has 1 aliphatic heterocycles. The summed E-state index contributed by atoms with van der Waals surface area (Å²) >= 11 is 0. The summed E-state index contributed by atoms with van der Waals surface area (Å²) in [7, 11) is 0. The number of nitrogens with one attached hydrogen (secondary N) is 1. The molecule has 1 saturated heterocycles. The molecule has 1 fully saturated rings. The van der Waals surface area contributed by atoms with Gasteiger partial charge < -0.3 is 21.1 Å². The van der Waals surface area contributed by atoms with Crippen LogP contribution in [0.1, 0.15) is 26.2 Å². The maximum atomic E-state index is 11.9. The minimum atomic E-state index is -1.30. The molecular formula is C12H19N3O5. The summed E-state index contributed by atoms with van der Waals surface area (Å²) in [6, 6.07) is -1.30. The van der Waals surface area contributed by atoms with Crippen LogP contribution in [0.3, 0.4) is 0 Å². The van der Waals surface area contributed by atoms with Crippen molar-refractivity contribution in [2.24, 2.45) is 11.7 Å². The molecule has 1 aliphatic rings. The largest absolute Gasteiger partial charge is 0.480 e. The number of likely N-dealkylation sites (tertiary alicyclic amines) is 1. The van der Waals surface area contributed by atoms with E-state index in [0.29, 0.717) is 25.9 Å². The number of carboxylic acid groups (broad SMARTS) is 1. The summed E-state index contributed by atoms with van der Waals surface area (Å²) in [5.74, 6) is -2.88. The molecule has 0 radical (unpaired) electrons. The quantitative estimate of drug-likeness (QED) is 0.577. The van der Waals surface area contributed by atoms with Crippen molar-refractivity contribution in [2.45, 2.75) is 32.2 Å². The van der Waals surface area contributed by atoms with Gasteiger partial charge in [0, 0.05) is 25.9 Å². The molecule has 3 amide bonds. The molecule has 8 nitrogen and oxygen atoms in total. The lowest BCUT2D eigenvalue weighted by molar-refractivity contribution is -0.144. The predicted molar refractivity (Wildman–Crippen MR) is 68.4 cm³/mol. The highest BCUT2D eigenvalue weighted by molar-refractivity contribution is 5.89. The Bertz CT molecular complexity index is 415. The molecule has 0 spiro atoms. The van der Waals surface area contributed by atoms with Crippen molar-refractivity contribution >= 4 is 23.7 Å². The molecule has 1 rings (SSSR count). The fourth-order valence-electron chi connectivity index (χ4n) is 2.15. The van der Waals surface area contributed by atoms with Gasteiger partial charge >= 0.3 is 5.97 Å². The van der Waals surface area contributed by atoms with E-state index in [4.69, 9.17) is 10.8 Å². The number of aliphatic carboxylic acids is 1. The molecule has 0 aliphatic carbocycles. The second kappa shape index (κ2) is 6.88. The van der Waals surface area contributed by atoms with Crippen LogP contribution >= 0.6 is 0 Å². The molecule has 0 aromatic heterocycles. The fraction of sp³-hybridized carbons (Fsp3) is 0.667. The summed E-state index contributed by atoms with van der Waals surface area (Å²) < 4.78 is 0. The zero-order valence-corrected chi connectivity index (χ0v) is 11.3. The Labute approximate surface area is 116 Å². The molecule has 4 N–H and O–H groups in total. The number of nitrogens with zero attached hydrogens (tertiary/aromatic N) is 1. The summed E-state index contributed by atoms with van der Waals surface area (Å²) in [6.07, 6.45) is 0.524. The number of amides is 3. The van der Waals surface area contributed by atoms with Gasteiger partial charge in [-0.25, -0.2) is 4.79 Å². The highest BCUT2D eigenvalue weighted by atomic mass is 16.4. The fourth-order valence-corrected chi connectivity index (χ4v) is 2.15. The Hall–Kier alpha value is -2.12. The van der Waals surface area contributed by atoms with Gasteiger partial charge in [0.1, 0.15) is 6.04 Å². The number of primary amides is 1. The molecule has 112 valence electrons. The zero-order chi connectivity index (χ0) is 15.3. The van der Waals surface area contributed by atoms with Crippen LogP contribution in [-0.4, -0.2) is 52.8 Å². The minimum Gasteiger partial charge on any atom is -0.480 e. The van der Waals surface area contributed by atoms with Crippen LogP contribution in [0.15, 0.2) is 0 Å². The van der Waals surface area contributed by atoms with Crippen LogP contribution < -0.4 is 11.1 Å². The van der Waals surface area contributed by atoms with Gasteiger partial charge in [0.25, 0.3) is 0 Å². The molecule has 20 heavy (non-hydrogen) atoms. The SMILES string of the molecule is CC(=O)N1CCC(C(=O)NC(CC(N)=O)C(=O)O)CC1. The van der Waals surface area contributed by atoms with Gasteiger partial charge in [0.2, 0.25) is 17.7 Å². The second-order valence-electron chi connectivity index (χ2n) is 4.85. The third-order valence-electron chi connectivity index (χ3n) is 3.33. The Kier molecular flexibility index (Phi) is 5.48. The molecule has 0 aromatic rings. The van der Waals surface area contributed by atoms with Crippen molar-refractivity contribution in [1.29, 1.82) is 0 Å². The lowest BCUT2D eigenvalue weighted by Gasteiger charge is -2.31. The molecule has 1 unspecified atom stereocenters. The Balaban J connectivity index is 2.52. The number of hydrogen-bond donors (Lipinski definition) is 3. The third-order valence-corrected chi connectivity index (χ3v) is 3.33. The lowest BCUT2D eigenvalue weighted by atomic mass is 9.95. The van der Waals surface area contributed by atoms with Crippen molar-refractivity contribution < 1.29 is 24.3 Å². The van der Waals surface area contributed by atoms with E-state index in [1.54, 1.807) is 4.90 Å². The van der Waals surface area contributed by atoms with Crippen molar-refractivity contribution in [1.82, 2.24) is 10.2 Å². The summed E-state index contributed by atoms with van der Waals surface area (Å²) in [5.41, 5.74) is 4.94. The number of nitrogens with two attached hydrogens (primary N) is 1. The van der Waals surface area contributed by atoms with Gasteiger partial charge in [-0.15, -0.1) is 0 Å². The first-order valence-corrected chi connectivity index (χ1v) is 6.38. The van der Waals surface area contributed by atoms with Crippen molar-refractivity contribution in [3.05, 3.63) is 0 Å². The average Bonchev–Trinajstić information content (AvgIpc) is 2.37. The molecule has 0 bridgehead atoms. The molecular weight excluding hydrogens is 266 g/mol. The van der Waals surface area contributed by atoms with Gasteiger partial charge in [-0.3, -0.25) is 14.4 Å². The minimum absolute atomic E-state index is 0.0407. The van der Waals surface area contributed by atoms with Gasteiger partial charge in [-0.1, -0.05) is 0 Å². The van der Waals surface area contributed by atoms with E-state index < -0.39 is 30.2 Å². The smallest absolute Gasteiger partial charge is 0.326 e. The maximum Gasteiger partial charge on any atom is 0.326 e. The Morgan fingerprint density at radius 2 is 1.85 bits per heavy atom. The number of rotatable bonds is 5. The van der Waals surface area contributed by atoms with Crippen LogP contribution in [0.4, 0.5) is 0 Å². The Morgan fingerprint density at radius 3 is 2.25 bits per heavy atom. The lowest BCUT2D eigenvalue weighted by Crippen LogP contribution is -2.48. The number of carbonyl (C=O) groups excluding carboxylic acids is 3. The number of piperidine rings is 1. The standard InChI is InChI=1S/C12H19N3O5/c1-7(16)15-4-2-8(3-5-15)11(18)14-9(12(19)20)6-10(13)17/h8-9H,2-6H2,1H3,(H2,13,17)(H,14,18)(H,19,20). The predicted octanol–water partition coefficient (Wildman–Crippen LogP) is -1.31. The highest BCUT2D eigenvalue weighted by Crippen LogP contribution is 2.17. The topological polar surface area (TPSA) is 130 Å². The van der Waals surface area contributed by atoms with E-state index >= 15 is 0 Å². The second-order valence-corrected chi connectivity index (χ2v) is 4.85. The van der Waals surface area contributed by atoms with Crippen LogP contribution in [0.5, 0.6) is 0 Å². The van der Waals surface area contributed by atoms with E-state index in [1.807, 2.05) is 0 Å². The van der Waals surface area contributed by atoms with E-state index in [9.17, 15) is 19.2 Å². The molecule has 1 heterocycles. The monoisotopic (exact) mass is 285 g/mol. The van der Waals surface area contributed by atoms with Crippen molar-refractivity contribution in [3.63, 3.8) is 0 Å². The normalized spacial score (nSPS) is 17.4. The maximum absolute atomic E-state index is 11.9. The number of hydrogen-bond acceptors (Lipinski definition) is 4. The van der Waals surface area contributed by atoms with Crippen LogP contribution in [0.25, 0.3) is 0 Å². The van der Waals surface area contributed by atoms with E-state index in [1.165, 1.54) is 6.92 Å². The van der Waals surface area contributed by atoms with Crippen molar-refractivity contribution in [3.8, 4) is 0 Å². The Morgan fingerprint density at radius 1 is 1.30 bits per heavy atom. The van der Waals surface area contributed by atoms with Crippen molar-refractivity contribution in [2.75, 3.05) is 13.1 Å². The summed E-state index contributed by atoms with van der Waals surface area (Å²) in [6.45, 7) is 2.41. The van der Waals surface area contributed by atoms with Gasteiger partial charge in [-0.05, 0) is 12.8 Å². The summed E-state index contributed by atoms with van der Waals surface area (Å²) in [4.78, 5) is 46.4. The van der Waals surface area contributed by atoms with E-state index in [-0.39, 0.29) is 11.8 Å². The first kappa shape index (κ1) is 15.9. The molecule has 8 heteroatoms. The molecule has 0 saturated carbocycles. The van der Waals surface area contributed by atoms with E-state index in [2.05, 4.69) is 5.32 Å².